The lowest BCUT2D eigenvalue weighted by atomic mass is 10.3. The van der Waals surface area contributed by atoms with Crippen molar-refractivity contribution in [1.82, 2.24) is 4.98 Å². The molecule has 0 radical (unpaired) electrons. The van der Waals surface area contributed by atoms with Crippen molar-refractivity contribution in [1.29, 1.82) is 0 Å². The molecule has 2 rings (SSSR count). The van der Waals surface area contributed by atoms with E-state index in [2.05, 4.69) is 27.3 Å². The van der Waals surface area contributed by atoms with Gasteiger partial charge in [0.2, 0.25) is 0 Å². The summed E-state index contributed by atoms with van der Waals surface area (Å²) < 4.78 is 0. The minimum absolute atomic E-state index is 0.949. The van der Waals surface area contributed by atoms with Gasteiger partial charge in [0, 0.05) is 38.1 Å². The number of pyridine rings is 1. The molecule has 1 aromatic heterocycles. The molecule has 1 saturated heterocycles. The lowest BCUT2D eigenvalue weighted by Gasteiger charge is -2.17. The molecule has 0 spiro atoms. The number of hydrogen-bond acceptors (Lipinski definition) is 3. The number of rotatable bonds is 2. The fourth-order valence-electron chi connectivity index (χ4n) is 1.73. The lowest BCUT2D eigenvalue weighted by Crippen LogP contribution is -2.17. The van der Waals surface area contributed by atoms with Crippen LogP contribution in [0.15, 0.2) is 18.3 Å². The summed E-state index contributed by atoms with van der Waals surface area (Å²) >= 11 is 0. The Hall–Kier alpha value is -1.25. The Morgan fingerprint density at radius 1 is 1.38 bits per heavy atom. The number of nitrogens with one attached hydrogen (secondary N) is 1. The SMILES string of the molecule is CNc1cc(N2CCCC2)ccn1. The van der Waals surface area contributed by atoms with E-state index >= 15 is 0 Å². The van der Waals surface area contributed by atoms with Crippen LogP contribution in [0.3, 0.4) is 0 Å². The summed E-state index contributed by atoms with van der Waals surface area (Å²) in [6.45, 7) is 2.38. The first-order chi connectivity index (χ1) is 6.40. The minimum atomic E-state index is 0.949. The Morgan fingerprint density at radius 3 is 2.85 bits per heavy atom. The van der Waals surface area contributed by atoms with E-state index in [9.17, 15) is 0 Å². The second-order valence-corrected chi connectivity index (χ2v) is 3.34. The van der Waals surface area contributed by atoms with Crippen molar-refractivity contribution >= 4 is 11.5 Å². The zero-order valence-corrected chi connectivity index (χ0v) is 7.95. The Kier molecular flexibility index (Phi) is 2.34. The van der Waals surface area contributed by atoms with Gasteiger partial charge in [-0.15, -0.1) is 0 Å². The highest BCUT2D eigenvalue weighted by Gasteiger charge is 2.12. The first-order valence-corrected chi connectivity index (χ1v) is 4.79. The van der Waals surface area contributed by atoms with Crippen LogP contribution >= 0.6 is 0 Å². The Labute approximate surface area is 78.8 Å². The monoisotopic (exact) mass is 177 g/mol. The van der Waals surface area contributed by atoms with Gasteiger partial charge >= 0.3 is 0 Å². The summed E-state index contributed by atoms with van der Waals surface area (Å²) in [4.78, 5) is 6.60. The molecule has 0 bridgehead atoms. The van der Waals surface area contributed by atoms with Crippen molar-refractivity contribution in [2.24, 2.45) is 0 Å². The Bertz CT molecular complexity index is 279. The van der Waals surface area contributed by atoms with Gasteiger partial charge in [0.15, 0.2) is 0 Å². The first-order valence-electron chi connectivity index (χ1n) is 4.79. The third kappa shape index (κ3) is 1.74. The van der Waals surface area contributed by atoms with E-state index < -0.39 is 0 Å². The van der Waals surface area contributed by atoms with Crippen molar-refractivity contribution in [3.63, 3.8) is 0 Å². The molecule has 0 saturated carbocycles. The van der Waals surface area contributed by atoms with Gasteiger partial charge in [0.25, 0.3) is 0 Å². The van der Waals surface area contributed by atoms with Crippen LogP contribution in [0.25, 0.3) is 0 Å². The zero-order chi connectivity index (χ0) is 9.10. The molecule has 1 aliphatic heterocycles. The summed E-state index contributed by atoms with van der Waals surface area (Å²) in [6, 6.07) is 4.18. The van der Waals surface area contributed by atoms with Crippen LogP contribution in [0.5, 0.6) is 0 Å². The maximum absolute atomic E-state index is 4.19. The minimum Gasteiger partial charge on any atom is -0.373 e. The van der Waals surface area contributed by atoms with E-state index in [0.29, 0.717) is 0 Å². The van der Waals surface area contributed by atoms with Crippen LogP contribution in [0.1, 0.15) is 12.8 Å². The van der Waals surface area contributed by atoms with E-state index in [0.717, 1.165) is 5.82 Å². The zero-order valence-electron chi connectivity index (χ0n) is 7.95. The van der Waals surface area contributed by atoms with Crippen molar-refractivity contribution in [2.75, 3.05) is 30.4 Å². The average Bonchev–Trinajstić information content (AvgIpc) is 2.71. The van der Waals surface area contributed by atoms with E-state index in [1.54, 1.807) is 0 Å². The molecule has 1 N–H and O–H groups in total. The molecular formula is C10H15N3. The summed E-state index contributed by atoms with van der Waals surface area (Å²) in [5.41, 5.74) is 1.29. The second-order valence-electron chi connectivity index (χ2n) is 3.34. The third-order valence-corrected chi connectivity index (χ3v) is 2.47. The summed E-state index contributed by atoms with van der Waals surface area (Å²) in [6.07, 6.45) is 4.49. The van der Waals surface area contributed by atoms with Crippen LogP contribution in [0.2, 0.25) is 0 Å². The van der Waals surface area contributed by atoms with Crippen LogP contribution in [-0.2, 0) is 0 Å². The van der Waals surface area contributed by atoms with Gasteiger partial charge in [-0.1, -0.05) is 0 Å². The van der Waals surface area contributed by atoms with E-state index in [1.165, 1.54) is 31.6 Å². The molecule has 0 unspecified atom stereocenters. The molecule has 1 fully saturated rings. The normalized spacial score (nSPS) is 16.2. The molecule has 0 atom stereocenters. The van der Waals surface area contributed by atoms with Gasteiger partial charge in [-0.2, -0.15) is 0 Å². The molecule has 3 nitrogen and oxygen atoms in total. The van der Waals surface area contributed by atoms with E-state index in [-0.39, 0.29) is 0 Å². The Morgan fingerprint density at radius 2 is 2.15 bits per heavy atom. The van der Waals surface area contributed by atoms with Gasteiger partial charge in [-0.05, 0) is 18.9 Å². The van der Waals surface area contributed by atoms with Gasteiger partial charge in [0.05, 0.1) is 0 Å². The predicted octanol–water partition coefficient (Wildman–Crippen LogP) is 1.72. The second kappa shape index (κ2) is 3.64. The molecule has 13 heavy (non-hydrogen) atoms. The maximum Gasteiger partial charge on any atom is 0.127 e. The Balaban J connectivity index is 2.18. The molecule has 0 aromatic carbocycles. The molecular weight excluding hydrogens is 162 g/mol. The summed E-state index contributed by atoms with van der Waals surface area (Å²) in [7, 11) is 1.90. The van der Waals surface area contributed by atoms with Crippen molar-refractivity contribution in [2.45, 2.75) is 12.8 Å². The molecule has 2 heterocycles. The van der Waals surface area contributed by atoms with Crippen LogP contribution < -0.4 is 10.2 Å². The topological polar surface area (TPSA) is 28.2 Å². The third-order valence-electron chi connectivity index (χ3n) is 2.47. The van der Waals surface area contributed by atoms with Gasteiger partial charge in [-0.25, -0.2) is 4.98 Å². The van der Waals surface area contributed by atoms with Crippen molar-refractivity contribution in [3.05, 3.63) is 18.3 Å². The van der Waals surface area contributed by atoms with Crippen LogP contribution in [0.4, 0.5) is 11.5 Å². The fourth-order valence-corrected chi connectivity index (χ4v) is 1.73. The van der Waals surface area contributed by atoms with E-state index in [1.807, 2.05) is 13.2 Å². The fraction of sp³-hybridized carbons (Fsp3) is 0.500. The molecule has 70 valence electrons. The molecule has 1 aliphatic rings. The first kappa shape index (κ1) is 8.35. The maximum atomic E-state index is 4.19. The quantitative estimate of drug-likeness (QED) is 0.745. The average molecular weight is 177 g/mol. The van der Waals surface area contributed by atoms with Gasteiger partial charge in [0.1, 0.15) is 5.82 Å². The molecule has 0 aliphatic carbocycles. The predicted molar refractivity (Wildman–Crippen MR) is 55.2 cm³/mol. The van der Waals surface area contributed by atoms with Crippen LogP contribution in [-0.4, -0.2) is 25.1 Å². The highest BCUT2D eigenvalue weighted by molar-refractivity contribution is 5.54. The summed E-state index contributed by atoms with van der Waals surface area (Å²) in [5, 5.41) is 3.05. The lowest BCUT2D eigenvalue weighted by molar-refractivity contribution is 0.949. The highest BCUT2D eigenvalue weighted by Crippen LogP contribution is 2.21. The number of aromatic nitrogens is 1. The molecule has 3 heteroatoms. The standard InChI is InChI=1S/C10H15N3/c1-11-10-8-9(4-5-12-10)13-6-2-3-7-13/h4-5,8H,2-3,6-7H2,1H3,(H,11,12). The number of anilines is 2. The largest absolute Gasteiger partial charge is 0.373 e. The van der Waals surface area contributed by atoms with Gasteiger partial charge in [-0.3, -0.25) is 0 Å². The van der Waals surface area contributed by atoms with E-state index in [4.69, 9.17) is 0 Å². The van der Waals surface area contributed by atoms with Crippen molar-refractivity contribution in [3.8, 4) is 0 Å². The smallest absolute Gasteiger partial charge is 0.127 e. The number of hydrogen-bond donors (Lipinski definition) is 1. The summed E-state index contributed by atoms with van der Waals surface area (Å²) in [5.74, 6) is 0.949. The number of nitrogens with zero attached hydrogens (tertiary/aromatic N) is 2. The molecule has 0 amide bonds. The van der Waals surface area contributed by atoms with Gasteiger partial charge < -0.3 is 10.2 Å². The molecule has 1 aromatic rings. The highest BCUT2D eigenvalue weighted by atomic mass is 15.1. The van der Waals surface area contributed by atoms with Crippen molar-refractivity contribution < 1.29 is 0 Å². The van der Waals surface area contributed by atoms with Crippen LogP contribution in [0, 0.1) is 0 Å².